The van der Waals surface area contributed by atoms with Gasteiger partial charge in [-0.3, -0.25) is 0 Å². The van der Waals surface area contributed by atoms with E-state index in [1.807, 2.05) is 31.2 Å². The fourth-order valence-electron chi connectivity index (χ4n) is 2.18. The smallest absolute Gasteiger partial charge is 0.0976 e. The van der Waals surface area contributed by atoms with Gasteiger partial charge >= 0.3 is 0 Å². The first-order valence-electron chi connectivity index (χ1n) is 6.41. The van der Waals surface area contributed by atoms with E-state index in [4.69, 9.17) is 26.8 Å². The molecule has 0 bridgehead atoms. The summed E-state index contributed by atoms with van der Waals surface area (Å²) in [5.41, 5.74) is 7.12. The lowest BCUT2D eigenvalue weighted by molar-refractivity contribution is -0.0758. The van der Waals surface area contributed by atoms with E-state index in [1.54, 1.807) is 0 Å². The molecule has 0 spiro atoms. The molecule has 2 atom stereocenters. The number of halogens is 1. The van der Waals surface area contributed by atoms with Crippen LogP contribution in [0.2, 0.25) is 5.02 Å². The van der Waals surface area contributed by atoms with E-state index in [0.717, 1.165) is 36.6 Å². The molecular weight excluding hydrogens is 250 g/mol. The van der Waals surface area contributed by atoms with Gasteiger partial charge in [0.2, 0.25) is 0 Å². The van der Waals surface area contributed by atoms with Gasteiger partial charge in [-0.15, -0.1) is 0 Å². The summed E-state index contributed by atoms with van der Waals surface area (Å²) in [6.45, 7) is 3.52. The van der Waals surface area contributed by atoms with E-state index in [2.05, 4.69) is 0 Å². The summed E-state index contributed by atoms with van der Waals surface area (Å²) in [4.78, 5) is 0. The maximum atomic E-state index is 6.13. The fraction of sp³-hybridized carbons (Fsp3) is 0.571. The van der Waals surface area contributed by atoms with Crippen LogP contribution in [0.15, 0.2) is 24.3 Å². The summed E-state index contributed by atoms with van der Waals surface area (Å²) in [7, 11) is 0. The average molecular weight is 270 g/mol. The monoisotopic (exact) mass is 269 g/mol. The van der Waals surface area contributed by atoms with Crippen LogP contribution < -0.4 is 5.73 Å². The van der Waals surface area contributed by atoms with Crippen molar-refractivity contribution in [2.24, 2.45) is 5.73 Å². The van der Waals surface area contributed by atoms with E-state index in [0.29, 0.717) is 0 Å². The first-order valence-corrected chi connectivity index (χ1v) is 6.79. The minimum absolute atomic E-state index is 0.0472. The molecule has 2 N–H and O–H groups in total. The molecule has 1 fully saturated rings. The molecule has 100 valence electrons. The van der Waals surface area contributed by atoms with E-state index >= 15 is 0 Å². The Hall–Kier alpha value is -0.610. The van der Waals surface area contributed by atoms with Gasteiger partial charge in [0, 0.05) is 24.3 Å². The zero-order chi connectivity index (χ0) is 13.0. The molecule has 2 unspecified atom stereocenters. The van der Waals surface area contributed by atoms with Crippen molar-refractivity contribution < 1.29 is 9.47 Å². The highest BCUT2D eigenvalue weighted by atomic mass is 35.5. The van der Waals surface area contributed by atoms with Crippen molar-refractivity contribution in [2.45, 2.75) is 38.0 Å². The molecular formula is C14H20ClNO2. The van der Waals surface area contributed by atoms with Crippen molar-refractivity contribution in [1.29, 1.82) is 0 Å². The molecule has 0 aromatic heterocycles. The van der Waals surface area contributed by atoms with Crippen LogP contribution in [0.4, 0.5) is 0 Å². The van der Waals surface area contributed by atoms with E-state index < -0.39 is 0 Å². The molecule has 1 aromatic rings. The Balaban J connectivity index is 2.05. The largest absolute Gasteiger partial charge is 0.381 e. The molecule has 2 rings (SSSR count). The zero-order valence-corrected chi connectivity index (χ0v) is 11.4. The lowest BCUT2D eigenvalue weighted by Crippen LogP contribution is -2.33. The van der Waals surface area contributed by atoms with Crippen LogP contribution in [0.5, 0.6) is 0 Å². The Labute approximate surface area is 113 Å². The minimum atomic E-state index is -0.0784. The number of ether oxygens (including phenoxy) is 2. The van der Waals surface area contributed by atoms with Crippen LogP contribution in [0.1, 0.15) is 31.4 Å². The maximum Gasteiger partial charge on any atom is 0.0976 e. The van der Waals surface area contributed by atoms with Crippen molar-refractivity contribution >= 4 is 11.6 Å². The van der Waals surface area contributed by atoms with Crippen molar-refractivity contribution in [3.63, 3.8) is 0 Å². The SMILES string of the molecule is CC(N)C(OC1CCOCC1)c1ccc(Cl)cc1. The lowest BCUT2D eigenvalue weighted by Gasteiger charge is -2.30. The number of benzene rings is 1. The second-order valence-corrected chi connectivity index (χ2v) is 5.22. The molecule has 1 aliphatic rings. The van der Waals surface area contributed by atoms with Crippen LogP contribution in [0.3, 0.4) is 0 Å². The normalized spacial score (nSPS) is 20.6. The Kier molecular flexibility index (Phi) is 5.01. The molecule has 0 aliphatic carbocycles. The minimum Gasteiger partial charge on any atom is -0.381 e. The van der Waals surface area contributed by atoms with Crippen LogP contribution in [0.25, 0.3) is 0 Å². The molecule has 1 saturated heterocycles. The standard InChI is InChI=1S/C14H20ClNO2/c1-10(16)14(11-2-4-12(15)5-3-11)18-13-6-8-17-9-7-13/h2-5,10,13-14H,6-9,16H2,1H3. The fourth-order valence-corrected chi connectivity index (χ4v) is 2.30. The van der Waals surface area contributed by atoms with Crippen LogP contribution in [-0.4, -0.2) is 25.4 Å². The Morgan fingerprint density at radius 3 is 2.44 bits per heavy atom. The van der Waals surface area contributed by atoms with Crippen molar-refractivity contribution in [3.05, 3.63) is 34.9 Å². The molecule has 1 aliphatic heterocycles. The summed E-state index contributed by atoms with van der Waals surface area (Å²) in [5.74, 6) is 0. The Morgan fingerprint density at radius 1 is 1.28 bits per heavy atom. The summed E-state index contributed by atoms with van der Waals surface area (Å²) in [6.07, 6.45) is 2.05. The van der Waals surface area contributed by atoms with E-state index in [-0.39, 0.29) is 18.2 Å². The van der Waals surface area contributed by atoms with Crippen molar-refractivity contribution in [1.82, 2.24) is 0 Å². The van der Waals surface area contributed by atoms with E-state index in [9.17, 15) is 0 Å². The highest BCUT2D eigenvalue weighted by molar-refractivity contribution is 6.30. The number of hydrogen-bond donors (Lipinski definition) is 1. The quantitative estimate of drug-likeness (QED) is 0.914. The highest BCUT2D eigenvalue weighted by Crippen LogP contribution is 2.26. The zero-order valence-electron chi connectivity index (χ0n) is 10.6. The Bertz CT molecular complexity index is 361. The van der Waals surface area contributed by atoms with Gasteiger partial charge < -0.3 is 15.2 Å². The van der Waals surface area contributed by atoms with Gasteiger partial charge in [0.25, 0.3) is 0 Å². The van der Waals surface area contributed by atoms with Gasteiger partial charge in [-0.25, -0.2) is 0 Å². The highest BCUT2D eigenvalue weighted by Gasteiger charge is 2.23. The van der Waals surface area contributed by atoms with Crippen molar-refractivity contribution in [2.75, 3.05) is 13.2 Å². The third-order valence-electron chi connectivity index (χ3n) is 3.18. The van der Waals surface area contributed by atoms with Crippen LogP contribution in [0, 0.1) is 0 Å². The second kappa shape index (κ2) is 6.53. The first kappa shape index (κ1) is 13.8. The average Bonchev–Trinajstić information content (AvgIpc) is 2.38. The second-order valence-electron chi connectivity index (χ2n) is 4.78. The molecule has 0 saturated carbocycles. The first-order chi connectivity index (χ1) is 8.66. The topological polar surface area (TPSA) is 44.5 Å². The molecule has 1 heterocycles. The molecule has 1 aromatic carbocycles. The third kappa shape index (κ3) is 3.69. The summed E-state index contributed by atoms with van der Waals surface area (Å²) < 4.78 is 11.5. The van der Waals surface area contributed by atoms with Gasteiger partial charge in [0.15, 0.2) is 0 Å². The molecule has 3 nitrogen and oxygen atoms in total. The third-order valence-corrected chi connectivity index (χ3v) is 3.44. The van der Waals surface area contributed by atoms with Gasteiger partial charge in [-0.1, -0.05) is 23.7 Å². The predicted molar refractivity (Wildman–Crippen MR) is 72.8 cm³/mol. The molecule has 0 amide bonds. The summed E-state index contributed by atoms with van der Waals surface area (Å²) in [6, 6.07) is 7.67. The number of nitrogens with two attached hydrogens (primary N) is 1. The van der Waals surface area contributed by atoms with Crippen LogP contribution >= 0.6 is 11.6 Å². The summed E-state index contributed by atoms with van der Waals surface area (Å²) >= 11 is 5.90. The van der Waals surface area contributed by atoms with Gasteiger partial charge in [-0.2, -0.15) is 0 Å². The number of rotatable bonds is 4. The lowest BCUT2D eigenvalue weighted by atomic mass is 10.0. The maximum absolute atomic E-state index is 6.13. The number of hydrogen-bond acceptors (Lipinski definition) is 3. The van der Waals surface area contributed by atoms with Gasteiger partial charge in [0.05, 0.1) is 12.2 Å². The Morgan fingerprint density at radius 2 is 1.89 bits per heavy atom. The molecule has 0 radical (unpaired) electrons. The van der Waals surface area contributed by atoms with Gasteiger partial charge in [-0.05, 0) is 37.5 Å². The molecule has 18 heavy (non-hydrogen) atoms. The van der Waals surface area contributed by atoms with Crippen molar-refractivity contribution in [3.8, 4) is 0 Å². The van der Waals surface area contributed by atoms with Crippen LogP contribution in [-0.2, 0) is 9.47 Å². The van der Waals surface area contributed by atoms with Gasteiger partial charge in [0.1, 0.15) is 0 Å². The van der Waals surface area contributed by atoms with E-state index in [1.165, 1.54) is 0 Å². The molecule has 4 heteroatoms. The predicted octanol–water partition coefficient (Wildman–Crippen LogP) is 2.92. The summed E-state index contributed by atoms with van der Waals surface area (Å²) in [5, 5.41) is 0.730.